The van der Waals surface area contributed by atoms with Gasteiger partial charge in [0.2, 0.25) is 0 Å². The summed E-state index contributed by atoms with van der Waals surface area (Å²) in [5.41, 5.74) is 0.0184. The first-order valence-corrected chi connectivity index (χ1v) is 5.57. The minimum Gasteiger partial charge on any atom is -0.369 e. The molecule has 0 unspecified atom stereocenters. The summed E-state index contributed by atoms with van der Waals surface area (Å²) >= 11 is 0. The molecule has 0 radical (unpaired) electrons. The van der Waals surface area contributed by atoms with Crippen LogP contribution < -0.4 is 5.32 Å². The molecule has 0 aromatic carbocycles. The van der Waals surface area contributed by atoms with Gasteiger partial charge in [-0.2, -0.15) is 0 Å². The van der Waals surface area contributed by atoms with Gasteiger partial charge in [0, 0.05) is 26.7 Å². The molecule has 0 saturated heterocycles. The molecular formula is C11H16N4O3. The Morgan fingerprint density at radius 1 is 1.56 bits per heavy atom. The van der Waals surface area contributed by atoms with Gasteiger partial charge in [-0.25, -0.2) is 4.98 Å². The summed E-state index contributed by atoms with van der Waals surface area (Å²) in [6.07, 6.45) is 2.01. The van der Waals surface area contributed by atoms with Crippen molar-refractivity contribution in [1.82, 2.24) is 9.88 Å². The van der Waals surface area contributed by atoms with E-state index in [1.807, 2.05) is 6.92 Å². The van der Waals surface area contributed by atoms with Crippen LogP contribution in [0.15, 0.2) is 12.3 Å². The molecule has 18 heavy (non-hydrogen) atoms. The molecule has 0 fully saturated rings. The molecule has 0 saturated carbocycles. The topological polar surface area (TPSA) is 88.4 Å². The largest absolute Gasteiger partial charge is 0.369 e. The van der Waals surface area contributed by atoms with Gasteiger partial charge in [-0.15, -0.1) is 0 Å². The van der Waals surface area contributed by atoms with Gasteiger partial charge in [0.1, 0.15) is 12.0 Å². The molecule has 0 aliphatic rings. The molecule has 0 spiro atoms. The average molecular weight is 252 g/mol. The van der Waals surface area contributed by atoms with Crippen molar-refractivity contribution >= 4 is 17.4 Å². The van der Waals surface area contributed by atoms with Crippen molar-refractivity contribution < 1.29 is 9.72 Å². The second-order valence-corrected chi connectivity index (χ2v) is 3.97. The lowest BCUT2D eigenvalue weighted by Crippen LogP contribution is -2.23. The third-order valence-corrected chi connectivity index (χ3v) is 2.26. The van der Waals surface area contributed by atoms with E-state index in [1.165, 1.54) is 11.0 Å². The lowest BCUT2D eigenvalue weighted by atomic mass is 10.2. The van der Waals surface area contributed by atoms with Crippen LogP contribution in [0.25, 0.3) is 0 Å². The summed E-state index contributed by atoms with van der Waals surface area (Å²) < 4.78 is 0. The third-order valence-electron chi connectivity index (χ3n) is 2.26. The first kappa shape index (κ1) is 13.9. The van der Waals surface area contributed by atoms with E-state index in [4.69, 9.17) is 0 Å². The zero-order chi connectivity index (χ0) is 13.7. The predicted octanol–water partition coefficient (Wildman–Crippen LogP) is 1.51. The molecule has 1 aromatic rings. The fourth-order valence-electron chi connectivity index (χ4n) is 1.34. The monoisotopic (exact) mass is 252 g/mol. The van der Waals surface area contributed by atoms with Gasteiger partial charge in [-0.05, 0) is 6.42 Å². The molecule has 0 aliphatic heterocycles. The molecule has 1 N–H and O–H groups in total. The summed E-state index contributed by atoms with van der Waals surface area (Å²) in [5, 5.41) is 13.7. The summed E-state index contributed by atoms with van der Waals surface area (Å²) in [6, 6.07) is 1.24. The number of nitrogens with zero attached hydrogens (tertiary/aromatic N) is 3. The van der Waals surface area contributed by atoms with E-state index >= 15 is 0 Å². The number of anilines is 1. The van der Waals surface area contributed by atoms with E-state index in [0.29, 0.717) is 12.4 Å². The number of hydrogen-bond donors (Lipinski definition) is 1. The highest BCUT2D eigenvalue weighted by molar-refractivity contribution is 5.99. The number of nitro groups is 1. The first-order valence-electron chi connectivity index (χ1n) is 5.57. The predicted molar refractivity (Wildman–Crippen MR) is 67.7 cm³/mol. The number of nitrogens with one attached hydrogen (secondary N) is 1. The Morgan fingerprint density at radius 2 is 2.22 bits per heavy atom. The molecule has 1 heterocycles. The van der Waals surface area contributed by atoms with Crippen molar-refractivity contribution in [3.63, 3.8) is 0 Å². The zero-order valence-corrected chi connectivity index (χ0v) is 10.6. The van der Waals surface area contributed by atoms with Crippen LogP contribution in [0.5, 0.6) is 0 Å². The molecule has 7 nitrogen and oxygen atoms in total. The summed E-state index contributed by atoms with van der Waals surface area (Å²) in [6.45, 7) is 2.63. The average Bonchev–Trinajstić information content (AvgIpc) is 2.34. The Labute approximate surface area is 105 Å². The van der Waals surface area contributed by atoms with Crippen LogP contribution in [0, 0.1) is 10.1 Å². The summed E-state index contributed by atoms with van der Waals surface area (Å²) in [5.74, 6) is 0.0611. The number of hydrogen-bond acceptors (Lipinski definition) is 5. The SMILES string of the molecule is CCCNc1ncc([N+](=O)[O-])cc1C(=O)N(C)C. The van der Waals surface area contributed by atoms with Crippen molar-refractivity contribution in [2.75, 3.05) is 26.0 Å². The lowest BCUT2D eigenvalue weighted by molar-refractivity contribution is -0.385. The minimum atomic E-state index is -0.566. The molecule has 7 heteroatoms. The van der Waals surface area contributed by atoms with Gasteiger partial charge in [0.05, 0.1) is 10.5 Å². The number of carbonyl (C=O) groups excluding carboxylic acids is 1. The third kappa shape index (κ3) is 3.16. The van der Waals surface area contributed by atoms with Crippen LogP contribution in [0.4, 0.5) is 11.5 Å². The molecule has 0 aliphatic carbocycles. The summed E-state index contributed by atoms with van der Waals surface area (Å²) in [4.78, 5) is 27.4. The van der Waals surface area contributed by atoms with E-state index in [1.54, 1.807) is 14.1 Å². The number of carbonyl (C=O) groups is 1. The van der Waals surface area contributed by atoms with E-state index in [0.717, 1.165) is 12.6 Å². The van der Waals surface area contributed by atoms with Gasteiger partial charge in [0.15, 0.2) is 0 Å². The summed E-state index contributed by atoms with van der Waals surface area (Å²) in [7, 11) is 3.18. The highest BCUT2D eigenvalue weighted by atomic mass is 16.6. The Hall–Kier alpha value is -2.18. The molecule has 0 bridgehead atoms. The number of aromatic nitrogens is 1. The van der Waals surface area contributed by atoms with Crippen LogP contribution in [0.2, 0.25) is 0 Å². The van der Waals surface area contributed by atoms with Crippen molar-refractivity contribution in [3.05, 3.63) is 27.9 Å². The number of pyridine rings is 1. The fraction of sp³-hybridized carbons (Fsp3) is 0.455. The van der Waals surface area contributed by atoms with E-state index in [2.05, 4.69) is 10.3 Å². The number of rotatable bonds is 5. The van der Waals surface area contributed by atoms with Gasteiger partial charge in [-0.1, -0.05) is 6.92 Å². The normalized spacial score (nSPS) is 9.94. The molecule has 0 atom stereocenters. The van der Waals surface area contributed by atoms with Crippen molar-refractivity contribution in [2.24, 2.45) is 0 Å². The fourth-order valence-corrected chi connectivity index (χ4v) is 1.34. The van der Waals surface area contributed by atoms with Crippen LogP contribution in [0.1, 0.15) is 23.7 Å². The van der Waals surface area contributed by atoms with Crippen molar-refractivity contribution in [2.45, 2.75) is 13.3 Å². The smallest absolute Gasteiger partial charge is 0.288 e. The first-order chi connectivity index (χ1) is 8.47. The maximum Gasteiger partial charge on any atom is 0.288 e. The highest BCUT2D eigenvalue weighted by Gasteiger charge is 2.19. The maximum absolute atomic E-state index is 11.9. The van der Waals surface area contributed by atoms with Crippen LogP contribution in [-0.2, 0) is 0 Å². The van der Waals surface area contributed by atoms with Crippen molar-refractivity contribution in [3.8, 4) is 0 Å². The van der Waals surface area contributed by atoms with Gasteiger partial charge < -0.3 is 10.2 Å². The van der Waals surface area contributed by atoms with Crippen LogP contribution >= 0.6 is 0 Å². The minimum absolute atomic E-state index is 0.192. The van der Waals surface area contributed by atoms with Gasteiger partial charge in [-0.3, -0.25) is 14.9 Å². The van der Waals surface area contributed by atoms with E-state index in [-0.39, 0.29) is 17.2 Å². The molecule has 1 amide bonds. The Bertz CT molecular complexity index is 460. The van der Waals surface area contributed by atoms with Crippen molar-refractivity contribution in [1.29, 1.82) is 0 Å². The number of amides is 1. The van der Waals surface area contributed by atoms with Gasteiger partial charge >= 0.3 is 0 Å². The Morgan fingerprint density at radius 3 is 2.72 bits per heavy atom. The molecule has 98 valence electrons. The van der Waals surface area contributed by atoms with E-state index < -0.39 is 4.92 Å². The highest BCUT2D eigenvalue weighted by Crippen LogP contribution is 2.20. The standard InChI is InChI=1S/C11H16N4O3/c1-4-5-12-10-9(11(16)14(2)3)6-8(7-13-10)15(17)18/h6-7H,4-5H2,1-3H3,(H,12,13). The molecule has 1 aromatic heterocycles. The van der Waals surface area contributed by atoms with Gasteiger partial charge in [0.25, 0.3) is 11.6 Å². The maximum atomic E-state index is 11.9. The molecule has 1 rings (SSSR count). The van der Waals surface area contributed by atoms with Crippen LogP contribution in [0.3, 0.4) is 0 Å². The molecular weight excluding hydrogens is 236 g/mol. The Balaban J connectivity index is 3.17. The zero-order valence-electron chi connectivity index (χ0n) is 10.6. The quantitative estimate of drug-likeness (QED) is 0.634. The van der Waals surface area contributed by atoms with Crippen LogP contribution in [-0.4, -0.2) is 41.4 Å². The lowest BCUT2D eigenvalue weighted by Gasteiger charge is -2.13. The van der Waals surface area contributed by atoms with E-state index in [9.17, 15) is 14.9 Å². The second-order valence-electron chi connectivity index (χ2n) is 3.97. The Kier molecular flexibility index (Phi) is 4.59. The second kappa shape index (κ2) is 5.95.